The number of hydrogen-bond acceptors (Lipinski definition) is 9. The third-order valence-electron chi connectivity index (χ3n) is 5.13. The second kappa shape index (κ2) is 9.01. The maximum absolute atomic E-state index is 5.89. The molecule has 5 rings (SSSR count). The lowest BCUT2D eigenvalue weighted by Crippen LogP contribution is -2.09. The number of nitrogens with zero attached hydrogens (tertiary/aromatic N) is 5. The van der Waals surface area contributed by atoms with E-state index in [4.69, 9.17) is 9.15 Å². The lowest BCUT2D eigenvalue weighted by molar-refractivity contribution is 0.397. The summed E-state index contributed by atoms with van der Waals surface area (Å²) in [4.78, 5) is 13.3. The summed E-state index contributed by atoms with van der Waals surface area (Å²) in [6.07, 6.45) is 6.42. The van der Waals surface area contributed by atoms with E-state index in [9.17, 15) is 0 Å². The van der Waals surface area contributed by atoms with Gasteiger partial charge in [0.1, 0.15) is 11.4 Å². The number of aromatic nitrogens is 5. The molecular weight excluding hydrogens is 406 g/mol. The SMILES string of the molecule is COc1cc(CCNc2ncc(-c3nnc(C4CC4)o3)c(Nc3ccccc3)n2)ccn1. The third-order valence-corrected chi connectivity index (χ3v) is 5.13. The average Bonchev–Trinajstić information content (AvgIpc) is 3.57. The van der Waals surface area contributed by atoms with Crippen molar-refractivity contribution in [1.29, 1.82) is 0 Å². The van der Waals surface area contributed by atoms with Crippen molar-refractivity contribution in [2.45, 2.75) is 25.2 Å². The third kappa shape index (κ3) is 4.66. The number of anilines is 3. The molecule has 1 fully saturated rings. The minimum absolute atomic E-state index is 0.385. The van der Waals surface area contributed by atoms with Gasteiger partial charge < -0.3 is 19.8 Å². The maximum atomic E-state index is 5.89. The van der Waals surface area contributed by atoms with Gasteiger partial charge in [-0.2, -0.15) is 4.98 Å². The molecule has 0 atom stereocenters. The number of methoxy groups -OCH3 is 1. The second-order valence-electron chi connectivity index (χ2n) is 7.55. The van der Waals surface area contributed by atoms with Gasteiger partial charge in [0, 0.05) is 36.6 Å². The normalized spacial score (nSPS) is 13.0. The van der Waals surface area contributed by atoms with Gasteiger partial charge in [0.15, 0.2) is 0 Å². The number of hydrogen-bond donors (Lipinski definition) is 2. The first-order valence-electron chi connectivity index (χ1n) is 10.5. The van der Waals surface area contributed by atoms with Crippen LogP contribution in [0.5, 0.6) is 5.88 Å². The Labute approximate surface area is 185 Å². The van der Waals surface area contributed by atoms with Crippen molar-refractivity contribution in [3.8, 4) is 17.3 Å². The summed E-state index contributed by atoms with van der Waals surface area (Å²) < 4.78 is 11.1. The van der Waals surface area contributed by atoms with Crippen molar-refractivity contribution < 1.29 is 9.15 Å². The highest BCUT2D eigenvalue weighted by Crippen LogP contribution is 2.40. The fourth-order valence-corrected chi connectivity index (χ4v) is 3.25. The van der Waals surface area contributed by atoms with E-state index in [2.05, 4.69) is 35.8 Å². The van der Waals surface area contributed by atoms with Gasteiger partial charge in [-0.3, -0.25) is 0 Å². The van der Waals surface area contributed by atoms with Crippen LogP contribution in [0, 0.1) is 0 Å². The van der Waals surface area contributed by atoms with Crippen molar-refractivity contribution in [3.05, 3.63) is 66.3 Å². The molecule has 1 aliphatic carbocycles. The summed E-state index contributed by atoms with van der Waals surface area (Å²) in [6, 6.07) is 13.7. The number of rotatable bonds is 9. The van der Waals surface area contributed by atoms with Crippen LogP contribution < -0.4 is 15.4 Å². The second-order valence-corrected chi connectivity index (χ2v) is 7.55. The van der Waals surface area contributed by atoms with Gasteiger partial charge in [-0.1, -0.05) is 18.2 Å². The first kappa shape index (κ1) is 19.9. The topological polar surface area (TPSA) is 111 Å². The van der Waals surface area contributed by atoms with E-state index < -0.39 is 0 Å². The summed E-state index contributed by atoms with van der Waals surface area (Å²) in [7, 11) is 1.61. The van der Waals surface area contributed by atoms with E-state index in [0.29, 0.717) is 47.5 Å². The summed E-state index contributed by atoms with van der Waals surface area (Å²) in [5.41, 5.74) is 2.68. The molecule has 0 bridgehead atoms. The first-order valence-corrected chi connectivity index (χ1v) is 10.5. The summed E-state index contributed by atoms with van der Waals surface area (Å²) in [5.74, 6) is 3.19. The lowest BCUT2D eigenvalue weighted by atomic mass is 10.2. The molecule has 0 amide bonds. The maximum Gasteiger partial charge on any atom is 0.253 e. The molecule has 2 N–H and O–H groups in total. The molecule has 32 heavy (non-hydrogen) atoms. The number of benzene rings is 1. The highest BCUT2D eigenvalue weighted by molar-refractivity contribution is 5.73. The number of ether oxygens (including phenoxy) is 1. The zero-order chi connectivity index (χ0) is 21.8. The lowest BCUT2D eigenvalue weighted by Gasteiger charge is -2.11. The van der Waals surface area contributed by atoms with Crippen molar-refractivity contribution in [2.75, 3.05) is 24.3 Å². The highest BCUT2D eigenvalue weighted by Gasteiger charge is 2.30. The van der Waals surface area contributed by atoms with E-state index in [-0.39, 0.29) is 0 Å². The predicted molar refractivity (Wildman–Crippen MR) is 120 cm³/mol. The molecule has 3 aromatic heterocycles. The van der Waals surface area contributed by atoms with Crippen LogP contribution in [-0.4, -0.2) is 38.8 Å². The first-order chi connectivity index (χ1) is 15.8. The average molecular weight is 429 g/mol. The summed E-state index contributed by atoms with van der Waals surface area (Å²) >= 11 is 0. The van der Waals surface area contributed by atoms with Crippen molar-refractivity contribution in [3.63, 3.8) is 0 Å². The number of nitrogens with one attached hydrogen (secondary N) is 2. The molecule has 3 heterocycles. The molecule has 162 valence electrons. The standard InChI is InChI=1S/C23H23N7O2/c1-31-19-13-15(9-11-24-19)10-12-25-23-26-14-18(22-30-29-21(32-22)16-7-8-16)20(28-23)27-17-5-3-2-4-6-17/h2-6,9,11,13-14,16H,7-8,10,12H2,1H3,(H2,25,26,27,28). The highest BCUT2D eigenvalue weighted by atomic mass is 16.5. The molecule has 0 aliphatic heterocycles. The fraction of sp³-hybridized carbons (Fsp3) is 0.261. The van der Waals surface area contributed by atoms with Crippen LogP contribution in [0.1, 0.15) is 30.2 Å². The molecule has 9 nitrogen and oxygen atoms in total. The van der Waals surface area contributed by atoms with E-state index in [1.165, 1.54) is 0 Å². The van der Waals surface area contributed by atoms with Gasteiger partial charge >= 0.3 is 0 Å². The molecule has 0 radical (unpaired) electrons. The molecule has 0 unspecified atom stereocenters. The quantitative estimate of drug-likeness (QED) is 0.404. The molecule has 4 aromatic rings. The Morgan fingerprint density at radius 1 is 1.09 bits per heavy atom. The largest absolute Gasteiger partial charge is 0.481 e. The van der Waals surface area contributed by atoms with Gasteiger partial charge in [-0.15, -0.1) is 10.2 Å². The Morgan fingerprint density at radius 2 is 1.97 bits per heavy atom. The van der Waals surface area contributed by atoms with Crippen molar-refractivity contribution in [2.24, 2.45) is 0 Å². The van der Waals surface area contributed by atoms with Crippen LogP contribution in [0.4, 0.5) is 17.5 Å². The molecule has 1 aromatic carbocycles. The van der Waals surface area contributed by atoms with E-state index in [1.54, 1.807) is 19.5 Å². The van der Waals surface area contributed by atoms with Gasteiger partial charge in [-0.25, -0.2) is 9.97 Å². The number of para-hydroxylation sites is 1. The van der Waals surface area contributed by atoms with Crippen LogP contribution in [0.3, 0.4) is 0 Å². The van der Waals surface area contributed by atoms with Crippen molar-refractivity contribution >= 4 is 17.5 Å². The van der Waals surface area contributed by atoms with Gasteiger partial charge in [0.25, 0.3) is 5.89 Å². The van der Waals surface area contributed by atoms with E-state index >= 15 is 0 Å². The summed E-state index contributed by atoms with van der Waals surface area (Å²) in [5, 5.41) is 15.0. The smallest absolute Gasteiger partial charge is 0.253 e. The van der Waals surface area contributed by atoms with Crippen LogP contribution >= 0.6 is 0 Å². The zero-order valence-corrected chi connectivity index (χ0v) is 17.7. The van der Waals surface area contributed by atoms with Crippen LogP contribution in [0.15, 0.2) is 59.3 Å². The minimum Gasteiger partial charge on any atom is -0.481 e. The van der Waals surface area contributed by atoms with E-state index in [0.717, 1.165) is 30.5 Å². The monoisotopic (exact) mass is 429 g/mol. The number of pyridine rings is 1. The van der Waals surface area contributed by atoms with E-state index in [1.807, 2.05) is 42.5 Å². The van der Waals surface area contributed by atoms with Crippen LogP contribution in [-0.2, 0) is 6.42 Å². The van der Waals surface area contributed by atoms with Gasteiger partial charge in [0.2, 0.25) is 17.7 Å². The minimum atomic E-state index is 0.385. The molecule has 9 heteroatoms. The Kier molecular flexibility index (Phi) is 5.61. The Morgan fingerprint density at radius 3 is 2.78 bits per heavy atom. The van der Waals surface area contributed by atoms with Crippen LogP contribution in [0.25, 0.3) is 11.5 Å². The fourth-order valence-electron chi connectivity index (χ4n) is 3.25. The molecule has 0 saturated heterocycles. The summed E-state index contributed by atoms with van der Waals surface area (Å²) in [6.45, 7) is 0.656. The molecule has 0 spiro atoms. The molecular formula is C23H23N7O2. The zero-order valence-electron chi connectivity index (χ0n) is 17.7. The Hall–Kier alpha value is -4.01. The van der Waals surface area contributed by atoms with Gasteiger partial charge in [0.05, 0.1) is 7.11 Å². The molecule has 1 aliphatic rings. The van der Waals surface area contributed by atoms with Gasteiger partial charge in [-0.05, 0) is 43.0 Å². The molecule has 1 saturated carbocycles. The predicted octanol–water partition coefficient (Wildman–Crippen LogP) is 4.21. The van der Waals surface area contributed by atoms with Crippen LogP contribution in [0.2, 0.25) is 0 Å². The Balaban J connectivity index is 1.35. The van der Waals surface area contributed by atoms with Crippen molar-refractivity contribution in [1.82, 2.24) is 25.1 Å². The Bertz CT molecular complexity index is 1190.